The van der Waals surface area contributed by atoms with Gasteiger partial charge in [-0.05, 0) is 29.3 Å². The van der Waals surface area contributed by atoms with Crippen molar-refractivity contribution in [2.24, 2.45) is 5.41 Å². The Balaban J connectivity index is 1.85. The van der Waals surface area contributed by atoms with E-state index in [1.54, 1.807) is 39.0 Å². The summed E-state index contributed by atoms with van der Waals surface area (Å²) < 4.78 is 2.92. The van der Waals surface area contributed by atoms with Crippen molar-refractivity contribution in [1.82, 2.24) is 14.3 Å². The Morgan fingerprint density at radius 1 is 1.05 bits per heavy atom. The Hall–Kier alpha value is -4.02. The molecular weight excluding hydrogens is 528 g/mol. The molecule has 0 unspecified atom stereocenters. The molecule has 3 aromatic heterocycles. The fourth-order valence-electron chi connectivity index (χ4n) is 3.68. The van der Waals surface area contributed by atoms with Gasteiger partial charge in [-0.15, -0.1) is 11.3 Å². The van der Waals surface area contributed by atoms with Crippen LogP contribution < -0.4 is 10.9 Å². The molecule has 0 atom stereocenters. The van der Waals surface area contributed by atoms with Crippen LogP contribution in [0.4, 0.5) is 5.82 Å². The molecule has 0 bridgehead atoms. The number of hydrogen-bond donors (Lipinski definition) is 2. The highest BCUT2D eigenvalue weighted by atomic mass is 35.5. The summed E-state index contributed by atoms with van der Waals surface area (Å²) in [6.45, 7) is 5.02. The summed E-state index contributed by atoms with van der Waals surface area (Å²) in [6.07, 6.45) is 1.44. The second-order valence-corrected chi connectivity index (χ2v) is 11.4. The van der Waals surface area contributed by atoms with Gasteiger partial charge in [0.2, 0.25) is 0 Å². The van der Waals surface area contributed by atoms with Crippen LogP contribution in [-0.4, -0.2) is 37.1 Å². The van der Waals surface area contributed by atoms with Gasteiger partial charge in [-0.1, -0.05) is 62.7 Å². The van der Waals surface area contributed by atoms with Gasteiger partial charge in [-0.2, -0.15) is 9.78 Å². The smallest absolute Gasteiger partial charge is 0.374 e. The number of ketones is 1. The maximum atomic E-state index is 13.4. The number of aliphatic carboxylic acids is 1. The number of carbonyl (C=O) groups is 3. The van der Waals surface area contributed by atoms with Gasteiger partial charge >= 0.3 is 5.97 Å². The van der Waals surface area contributed by atoms with Crippen LogP contribution in [0.2, 0.25) is 4.34 Å². The Morgan fingerprint density at radius 3 is 2.37 bits per heavy atom. The van der Waals surface area contributed by atoms with Gasteiger partial charge in [0.15, 0.2) is 0 Å². The zero-order valence-electron chi connectivity index (χ0n) is 20.9. The number of carboxylic acids is 1. The van der Waals surface area contributed by atoms with E-state index in [-0.39, 0.29) is 17.2 Å². The number of benzene rings is 1. The zero-order valence-corrected chi connectivity index (χ0v) is 22.5. The molecule has 0 saturated carbocycles. The quantitative estimate of drug-likeness (QED) is 0.293. The number of anilines is 1. The monoisotopic (exact) mass is 552 g/mol. The largest absolute Gasteiger partial charge is 0.475 e. The molecule has 0 spiro atoms. The van der Waals surface area contributed by atoms with Crippen molar-refractivity contribution in [2.75, 3.05) is 5.32 Å². The van der Waals surface area contributed by atoms with Gasteiger partial charge < -0.3 is 15.0 Å². The normalized spacial score (nSPS) is 11.4. The van der Waals surface area contributed by atoms with Crippen LogP contribution in [0.25, 0.3) is 22.4 Å². The standard InChI is InChI=1S/C27H25ClN4O5S/c1-27(2,3)26(37)32-23(29-13-18-9-10-22(28)38-18)12-20(30-32)19-11-17(16-7-5-4-6-8-16)14-31(24(19)34)15-21(33)25(35)36/h4-12,14,29H,13,15H2,1-3H3,(H,35,36). The number of carbonyl (C=O) groups excluding carboxylic acids is 2. The average Bonchev–Trinajstić information content (AvgIpc) is 3.49. The minimum absolute atomic E-state index is 0.118. The van der Waals surface area contributed by atoms with Crippen molar-refractivity contribution in [2.45, 2.75) is 33.9 Å². The predicted molar refractivity (Wildman–Crippen MR) is 147 cm³/mol. The summed E-state index contributed by atoms with van der Waals surface area (Å²) in [4.78, 5) is 50.8. The lowest BCUT2D eigenvalue weighted by Crippen LogP contribution is -2.29. The van der Waals surface area contributed by atoms with Crippen molar-refractivity contribution in [3.05, 3.63) is 80.4 Å². The highest BCUT2D eigenvalue weighted by molar-refractivity contribution is 7.16. The molecule has 38 heavy (non-hydrogen) atoms. The molecule has 4 rings (SSSR count). The summed E-state index contributed by atoms with van der Waals surface area (Å²) in [5.41, 5.74) is 0.275. The van der Waals surface area contributed by atoms with E-state index in [9.17, 15) is 19.2 Å². The van der Waals surface area contributed by atoms with Crippen LogP contribution in [0.1, 0.15) is 30.4 Å². The third-order valence-electron chi connectivity index (χ3n) is 5.64. The van der Waals surface area contributed by atoms with Gasteiger partial charge in [-0.25, -0.2) is 4.79 Å². The first-order valence-electron chi connectivity index (χ1n) is 11.6. The van der Waals surface area contributed by atoms with Gasteiger partial charge in [0.25, 0.3) is 17.2 Å². The third kappa shape index (κ3) is 5.92. The van der Waals surface area contributed by atoms with Gasteiger partial charge in [-0.3, -0.25) is 14.4 Å². The van der Waals surface area contributed by atoms with E-state index in [1.165, 1.54) is 22.2 Å². The molecule has 0 radical (unpaired) electrons. The van der Waals surface area contributed by atoms with Crippen molar-refractivity contribution >= 4 is 46.4 Å². The number of rotatable bonds is 8. The molecular formula is C27H25ClN4O5S. The fourth-order valence-corrected chi connectivity index (χ4v) is 4.71. The van der Waals surface area contributed by atoms with E-state index in [1.807, 2.05) is 36.4 Å². The summed E-state index contributed by atoms with van der Waals surface area (Å²) >= 11 is 7.44. The molecule has 0 aliphatic rings. The molecule has 0 saturated heterocycles. The van der Waals surface area contributed by atoms with Crippen LogP contribution in [0.5, 0.6) is 0 Å². The van der Waals surface area contributed by atoms with E-state index in [4.69, 9.17) is 16.7 Å². The molecule has 0 amide bonds. The molecule has 9 nitrogen and oxygen atoms in total. The number of aromatic nitrogens is 3. The Labute approximate surface area is 227 Å². The average molecular weight is 553 g/mol. The van der Waals surface area contributed by atoms with Crippen LogP contribution in [0.15, 0.2) is 65.6 Å². The topological polar surface area (TPSA) is 123 Å². The van der Waals surface area contributed by atoms with E-state index in [0.29, 0.717) is 22.3 Å². The number of nitrogens with zero attached hydrogens (tertiary/aromatic N) is 3. The summed E-state index contributed by atoms with van der Waals surface area (Å²) in [5.74, 6) is -2.68. The van der Waals surface area contributed by atoms with Gasteiger partial charge in [0, 0.05) is 22.6 Å². The number of nitrogens with one attached hydrogen (secondary N) is 1. The van der Waals surface area contributed by atoms with Crippen molar-refractivity contribution in [3.63, 3.8) is 0 Å². The first-order chi connectivity index (χ1) is 17.9. The van der Waals surface area contributed by atoms with Crippen LogP contribution >= 0.6 is 22.9 Å². The molecule has 0 fully saturated rings. The lowest BCUT2D eigenvalue weighted by molar-refractivity contribution is -0.149. The summed E-state index contributed by atoms with van der Waals surface area (Å²) in [6, 6.07) is 16.0. The first kappa shape index (κ1) is 27.0. The number of carboxylic acid groups (broad SMARTS) is 1. The predicted octanol–water partition coefficient (Wildman–Crippen LogP) is 5.05. The highest BCUT2D eigenvalue weighted by Gasteiger charge is 2.28. The zero-order chi connectivity index (χ0) is 27.6. The van der Waals surface area contributed by atoms with E-state index in [0.717, 1.165) is 15.0 Å². The summed E-state index contributed by atoms with van der Waals surface area (Å²) in [5, 5.41) is 16.8. The second kappa shape index (κ2) is 10.8. The highest BCUT2D eigenvalue weighted by Crippen LogP contribution is 2.28. The molecule has 0 aliphatic carbocycles. The molecule has 3 heterocycles. The van der Waals surface area contributed by atoms with E-state index < -0.39 is 29.3 Å². The van der Waals surface area contributed by atoms with Crippen molar-refractivity contribution < 1.29 is 19.5 Å². The Bertz CT molecular complexity index is 1580. The van der Waals surface area contributed by atoms with Crippen molar-refractivity contribution in [3.8, 4) is 22.4 Å². The van der Waals surface area contributed by atoms with E-state index >= 15 is 0 Å². The summed E-state index contributed by atoms with van der Waals surface area (Å²) in [7, 11) is 0. The van der Waals surface area contributed by atoms with E-state index in [2.05, 4.69) is 10.4 Å². The third-order valence-corrected chi connectivity index (χ3v) is 6.87. The molecule has 1 aromatic carbocycles. The van der Waals surface area contributed by atoms with Crippen LogP contribution in [-0.2, 0) is 22.7 Å². The maximum absolute atomic E-state index is 13.4. The minimum Gasteiger partial charge on any atom is -0.475 e. The Kier molecular flexibility index (Phi) is 7.66. The lowest BCUT2D eigenvalue weighted by Gasteiger charge is -2.18. The number of pyridine rings is 1. The molecule has 4 aromatic rings. The van der Waals surface area contributed by atoms with Gasteiger partial charge in [0.1, 0.15) is 11.5 Å². The number of Topliss-reactive ketones (excluding diaryl/α,β-unsaturated/α-hetero) is 1. The van der Waals surface area contributed by atoms with Crippen molar-refractivity contribution in [1.29, 1.82) is 0 Å². The lowest BCUT2D eigenvalue weighted by atomic mass is 9.96. The Morgan fingerprint density at radius 2 is 1.76 bits per heavy atom. The number of halogens is 1. The van der Waals surface area contributed by atoms with Crippen LogP contribution in [0.3, 0.4) is 0 Å². The SMILES string of the molecule is CC(C)(C)C(=O)n1nc(-c2cc(-c3ccccc3)cn(CC(=O)C(=O)O)c2=O)cc1NCc1ccc(Cl)s1. The molecule has 11 heteroatoms. The first-order valence-corrected chi connectivity index (χ1v) is 12.8. The molecule has 0 aliphatic heterocycles. The minimum atomic E-state index is -1.64. The number of thiophene rings is 1. The number of hydrogen-bond acceptors (Lipinski definition) is 7. The molecule has 2 N–H and O–H groups in total. The second-order valence-electron chi connectivity index (χ2n) is 9.61. The van der Waals surface area contributed by atoms with Gasteiger partial charge in [0.05, 0.1) is 23.0 Å². The molecule has 196 valence electrons. The fraction of sp³-hybridized carbons (Fsp3) is 0.222. The van der Waals surface area contributed by atoms with Crippen LogP contribution in [0, 0.1) is 5.41 Å². The maximum Gasteiger partial charge on any atom is 0.374 e.